The lowest BCUT2D eigenvalue weighted by molar-refractivity contribution is -0.145. The fourth-order valence-corrected chi connectivity index (χ4v) is 3.38. The normalized spacial score (nSPS) is 11.7. The zero-order chi connectivity index (χ0) is 15.5. The molecule has 0 amide bonds. The first-order valence-electron chi connectivity index (χ1n) is 6.18. The van der Waals surface area contributed by atoms with Gasteiger partial charge in [-0.15, -0.1) is 0 Å². The summed E-state index contributed by atoms with van der Waals surface area (Å²) in [5.74, 6) is 0.148. The van der Waals surface area contributed by atoms with Gasteiger partial charge in [-0.2, -0.15) is 0 Å². The molecule has 6 nitrogen and oxygen atoms in total. The minimum absolute atomic E-state index is 0.144. The highest BCUT2D eigenvalue weighted by atomic mass is 33.1. The maximum absolute atomic E-state index is 12.0. The lowest BCUT2D eigenvalue weighted by atomic mass is 10.2. The van der Waals surface area contributed by atoms with E-state index in [1.54, 1.807) is 0 Å². The van der Waals surface area contributed by atoms with Crippen molar-refractivity contribution in [1.29, 1.82) is 0 Å². The second kappa shape index (κ2) is 10.4. The first kappa shape index (κ1) is 17.7. The molecule has 0 radical (unpaired) electrons. The predicted octanol–water partition coefficient (Wildman–Crippen LogP) is 2.13. The van der Waals surface area contributed by atoms with Gasteiger partial charge in [0.05, 0.1) is 0 Å². The van der Waals surface area contributed by atoms with Gasteiger partial charge >= 0.3 is 12.1 Å². The predicted molar refractivity (Wildman–Crippen MR) is 83.1 cm³/mol. The lowest BCUT2D eigenvalue weighted by Gasteiger charge is -2.14. The van der Waals surface area contributed by atoms with Crippen molar-refractivity contribution in [2.45, 2.75) is 11.9 Å². The Kier molecular flexibility index (Phi) is 8.72. The van der Waals surface area contributed by atoms with Crippen LogP contribution in [0.5, 0.6) is 0 Å². The monoisotopic (exact) mass is 331 g/mol. The molecular weight excluding hydrogens is 314 g/mol. The van der Waals surface area contributed by atoms with E-state index < -0.39 is 17.4 Å². The van der Waals surface area contributed by atoms with Gasteiger partial charge in [-0.1, -0.05) is 51.9 Å². The molecule has 21 heavy (non-hydrogen) atoms. The largest absolute Gasteiger partial charge is 0.505 e. The molecule has 0 aliphatic heterocycles. The van der Waals surface area contributed by atoms with Crippen molar-refractivity contribution in [1.82, 2.24) is 0 Å². The van der Waals surface area contributed by atoms with E-state index in [2.05, 4.69) is 4.74 Å². The number of benzene rings is 1. The first-order valence-corrected chi connectivity index (χ1v) is 8.56. The molecule has 116 valence electrons. The average molecular weight is 331 g/mol. The summed E-state index contributed by atoms with van der Waals surface area (Å²) in [5, 5.41) is 7.81. The zero-order valence-corrected chi connectivity index (χ0v) is 12.9. The SMILES string of the molecule is NCCSSC(COC(=O)O)C(=O)OCc1ccccc1. The summed E-state index contributed by atoms with van der Waals surface area (Å²) in [6.07, 6.45) is -1.42. The van der Waals surface area contributed by atoms with E-state index in [4.69, 9.17) is 15.6 Å². The van der Waals surface area contributed by atoms with Crippen LogP contribution in [0, 0.1) is 0 Å². The van der Waals surface area contributed by atoms with E-state index in [9.17, 15) is 9.59 Å². The van der Waals surface area contributed by atoms with Crippen LogP contribution in [0.3, 0.4) is 0 Å². The summed E-state index contributed by atoms with van der Waals surface area (Å²) >= 11 is 0. The number of hydrogen-bond donors (Lipinski definition) is 2. The van der Waals surface area contributed by atoms with Gasteiger partial charge in [0, 0.05) is 12.3 Å². The maximum atomic E-state index is 12.0. The van der Waals surface area contributed by atoms with Gasteiger partial charge in [-0.25, -0.2) is 4.79 Å². The van der Waals surface area contributed by atoms with Crippen LogP contribution < -0.4 is 5.73 Å². The first-order chi connectivity index (χ1) is 10.1. The molecule has 0 aliphatic carbocycles. The Balaban J connectivity index is 2.46. The quantitative estimate of drug-likeness (QED) is 0.403. The van der Waals surface area contributed by atoms with Gasteiger partial charge < -0.3 is 20.3 Å². The topological polar surface area (TPSA) is 98.9 Å². The Morgan fingerprint density at radius 2 is 1.95 bits per heavy atom. The molecule has 0 fully saturated rings. The number of ether oxygens (including phenoxy) is 2. The van der Waals surface area contributed by atoms with Crippen molar-refractivity contribution in [2.75, 3.05) is 18.9 Å². The van der Waals surface area contributed by atoms with Gasteiger partial charge in [0.25, 0.3) is 0 Å². The highest BCUT2D eigenvalue weighted by Gasteiger charge is 2.23. The smallest absolute Gasteiger partial charge is 0.460 e. The minimum Gasteiger partial charge on any atom is -0.460 e. The zero-order valence-electron chi connectivity index (χ0n) is 11.3. The number of hydrogen-bond acceptors (Lipinski definition) is 7. The Labute approximate surface area is 130 Å². The maximum Gasteiger partial charge on any atom is 0.505 e. The molecule has 8 heteroatoms. The molecule has 0 spiro atoms. The van der Waals surface area contributed by atoms with Gasteiger partial charge in [-0.05, 0) is 5.56 Å². The Morgan fingerprint density at radius 1 is 1.24 bits per heavy atom. The highest BCUT2D eigenvalue weighted by Crippen LogP contribution is 2.27. The van der Waals surface area contributed by atoms with E-state index in [1.807, 2.05) is 30.3 Å². The van der Waals surface area contributed by atoms with Crippen LogP contribution in [-0.4, -0.2) is 41.4 Å². The van der Waals surface area contributed by atoms with Gasteiger partial charge in [0.15, 0.2) is 0 Å². The van der Waals surface area contributed by atoms with Gasteiger partial charge in [0.2, 0.25) is 0 Å². The summed E-state index contributed by atoms with van der Waals surface area (Å²) < 4.78 is 9.63. The molecule has 1 aromatic carbocycles. The minimum atomic E-state index is -1.42. The van der Waals surface area contributed by atoms with Crippen LogP contribution in [-0.2, 0) is 20.9 Å². The summed E-state index contributed by atoms with van der Waals surface area (Å²) in [6.45, 7) is 0.375. The second-order valence-electron chi connectivity index (χ2n) is 3.87. The van der Waals surface area contributed by atoms with E-state index in [-0.39, 0.29) is 13.2 Å². The van der Waals surface area contributed by atoms with Crippen LogP contribution in [0.15, 0.2) is 30.3 Å². The molecule has 0 saturated carbocycles. The van der Waals surface area contributed by atoms with Crippen molar-refractivity contribution in [2.24, 2.45) is 5.73 Å². The molecule has 0 aromatic heterocycles. The molecule has 0 aliphatic rings. The lowest BCUT2D eigenvalue weighted by Crippen LogP contribution is -2.26. The number of esters is 1. The van der Waals surface area contributed by atoms with Gasteiger partial charge in [0.1, 0.15) is 18.5 Å². The highest BCUT2D eigenvalue weighted by molar-refractivity contribution is 8.77. The fraction of sp³-hybridized carbons (Fsp3) is 0.385. The molecule has 1 atom stereocenters. The summed E-state index contributed by atoms with van der Waals surface area (Å²) in [4.78, 5) is 22.4. The van der Waals surface area contributed by atoms with E-state index in [0.29, 0.717) is 12.3 Å². The summed E-state index contributed by atoms with van der Waals surface area (Å²) in [5.41, 5.74) is 6.24. The van der Waals surface area contributed by atoms with Crippen molar-refractivity contribution in [3.05, 3.63) is 35.9 Å². The Morgan fingerprint density at radius 3 is 2.57 bits per heavy atom. The standard InChI is InChI=1S/C13H17NO5S2/c14-6-7-20-21-11(9-19-13(16)17)12(15)18-8-10-4-2-1-3-5-10/h1-5,11H,6-9,14H2,(H,16,17). The van der Waals surface area contributed by atoms with E-state index in [1.165, 1.54) is 21.6 Å². The number of rotatable bonds is 9. The summed E-state index contributed by atoms with van der Waals surface area (Å²) in [7, 11) is 2.59. The van der Waals surface area contributed by atoms with Crippen molar-refractivity contribution >= 4 is 33.7 Å². The van der Waals surface area contributed by atoms with Crippen LogP contribution in [0.2, 0.25) is 0 Å². The molecule has 3 N–H and O–H groups in total. The van der Waals surface area contributed by atoms with Crippen LogP contribution in [0.4, 0.5) is 4.79 Å². The van der Waals surface area contributed by atoms with Crippen LogP contribution >= 0.6 is 21.6 Å². The number of carboxylic acid groups (broad SMARTS) is 1. The Hall–Kier alpha value is -1.38. The van der Waals surface area contributed by atoms with E-state index in [0.717, 1.165) is 5.56 Å². The summed E-state index contributed by atoms with van der Waals surface area (Å²) in [6, 6.07) is 9.24. The van der Waals surface area contributed by atoms with Crippen molar-refractivity contribution in [3.63, 3.8) is 0 Å². The van der Waals surface area contributed by atoms with Gasteiger partial charge in [-0.3, -0.25) is 4.79 Å². The molecule has 0 heterocycles. The number of carbonyl (C=O) groups is 2. The molecule has 1 aromatic rings. The van der Waals surface area contributed by atoms with Crippen LogP contribution in [0.1, 0.15) is 5.56 Å². The molecule has 0 bridgehead atoms. The molecule has 0 saturated heterocycles. The number of nitrogens with two attached hydrogens (primary N) is 1. The third-order valence-electron chi connectivity index (χ3n) is 2.23. The van der Waals surface area contributed by atoms with Crippen molar-refractivity contribution < 1.29 is 24.2 Å². The molecular formula is C13H17NO5S2. The number of carbonyl (C=O) groups excluding carboxylic acids is 1. The second-order valence-corrected chi connectivity index (χ2v) is 6.56. The van der Waals surface area contributed by atoms with Crippen LogP contribution in [0.25, 0.3) is 0 Å². The third kappa shape index (κ3) is 7.84. The molecule has 1 unspecified atom stereocenters. The average Bonchev–Trinajstić information content (AvgIpc) is 2.49. The Bertz CT molecular complexity index is 443. The third-order valence-corrected chi connectivity index (χ3v) is 4.93. The van der Waals surface area contributed by atoms with Crippen molar-refractivity contribution in [3.8, 4) is 0 Å². The molecule has 1 rings (SSSR count). The van der Waals surface area contributed by atoms with E-state index >= 15 is 0 Å². The fourth-order valence-electron chi connectivity index (χ4n) is 1.28.